The molecule has 1 aromatic heterocycles. The van der Waals surface area contributed by atoms with Gasteiger partial charge in [-0.05, 0) is 39.8 Å². The molecule has 3 rings (SSSR count). The first-order valence-electron chi connectivity index (χ1n) is 12.2. The third kappa shape index (κ3) is 7.74. The third-order valence-corrected chi connectivity index (χ3v) is 7.20. The Morgan fingerprint density at radius 1 is 1.33 bits per heavy atom. The number of rotatable bonds is 13. The monoisotopic (exact) mass is 569 g/mol. The molecule has 12 nitrogen and oxygen atoms in total. The molecule has 1 aromatic carbocycles. The van der Waals surface area contributed by atoms with Gasteiger partial charge >= 0.3 is 19.4 Å². The van der Waals surface area contributed by atoms with Crippen LogP contribution in [0.3, 0.4) is 0 Å². The van der Waals surface area contributed by atoms with Crippen molar-refractivity contribution >= 4 is 13.7 Å². The summed E-state index contributed by atoms with van der Waals surface area (Å²) >= 11 is 0. The molecule has 2 heterocycles. The second kappa shape index (κ2) is 12.8. The van der Waals surface area contributed by atoms with Gasteiger partial charge in [-0.3, -0.25) is 13.9 Å². The van der Waals surface area contributed by atoms with Crippen molar-refractivity contribution in [2.75, 3.05) is 13.2 Å². The van der Waals surface area contributed by atoms with E-state index in [0.29, 0.717) is 0 Å². The summed E-state index contributed by atoms with van der Waals surface area (Å²) in [5, 5.41) is 13.2. The van der Waals surface area contributed by atoms with Crippen LogP contribution in [0.5, 0.6) is 11.6 Å². The summed E-state index contributed by atoms with van der Waals surface area (Å²) < 4.78 is 57.2. The summed E-state index contributed by atoms with van der Waals surface area (Å²) in [6.45, 7) is 8.78. The van der Waals surface area contributed by atoms with Crippen molar-refractivity contribution in [1.82, 2.24) is 14.6 Å². The Kier molecular flexibility index (Phi) is 10.0. The van der Waals surface area contributed by atoms with Gasteiger partial charge in [-0.1, -0.05) is 30.9 Å². The molecule has 0 amide bonds. The number of para-hydroxylation sites is 1. The highest BCUT2D eigenvalue weighted by atomic mass is 31.2. The lowest BCUT2D eigenvalue weighted by Gasteiger charge is -2.25. The molecule has 1 saturated heterocycles. The molecule has 1 aliphatic heterocycles. The molecule has 0 aliphatic carbocycles. The van der Waals surface area contributed by atoms with E-state index in [1.165, 1.54) is 37.4 Å². The van der Waals surface area contributed by atoms with Crippen molar-refractivity contribution in [3.05, 3.63) is 65.7 Å². The first-order chi connectivity index (χ1) is 18.4. The summed E-state index contributed by atoms with van der Waals surface area (Å²) in [5.74, 6) is -0.535. The smallest absolute Gasteiger partial charge is 0.459 e. The second-order valence-corrected chi connectivity index (χ2v) is 10.9. The predicted molar refractivity (Wildman–Crippen MR) is 138 cm³/mol. The van der Waals surface area contributed by atoms with Crippen molar-refractivity contribution in [2.24, 2.45) is 0 Å². The number of hydrogen-bond donors (Lipinski definition) is 2. The number of nitrogens with zero attached hydrogens (tertiary/aromatic N) is 2. The molecule has 0 bridgehead atoms. The summed E-state index contributed by atoms with van der Waals surface area (Å²) in [6.07, 6.45) is -2.48. The van der Waals surface area contributed by atoms with E-state index in [-0.39, 0.29) is 18.2 Å². The maximum absolute atomic E-state index is 15.7. The van der Waals surface area contributed by atoms with Crippen molar-refractivity contribution in [1.29, 1.82) is 0 Å². The highest BCUT2D eigenvalue weighted by Gasteiger charge is 2.56. The fourth-order valence-corrected chi connectivity index (χ4v) is 5.16. The molecule has 2 aromatic rings. The Hall–Kier alpha value is -3.09. The first-order valence-corrected chi connectivity index (χ1v) is 13.7. The number of aliphatic hydroxyl groups excluding tert-OH is 1. The highest BCUT2D eigenvalue weighted by molar-refractivity contribution is 7.52. The number of aliphatic hydroxyl groups is 1. The molecule has 14 heteroatoms. The molecule has 2 N–H and O–H groups in total. The summed E-state index contributed by atoms with van der Waals surface area (Å²) in [5.41, 5.74) is -3.34. The SMILES string of the molecule is C=CCOc1ccn([C@@H]2O[C@H](CO[P@@](=O)(N[C@@H](C)C(=O)OC(C)C)Oc3ccccc3)[C@@H](O)[C@@]2(C)F)c(=O)n1. The number of carbonyl (C=O) groups excluding carboxylic acids is 1. The van der Waals surface area contributed by atoms with Crippen LogP contribution in [0.2, 0.25) is 0 Å². The normalized spacial score (nSPS) is 25.1. The number of carbonyl (C=O) groups is 1. The largest absolute Gasteiger partial charge is 0.473 e. The van der Waals surface area contributed by atoms with Crippen LogP contribution in [0, 0.1) is 0 Å². The van der Waals surface area contributed by atoms with Gasteiger partial charge in [-0.25, -0.2) is 13.8 Å². The second-order valence-electron chi connectivity index (χ2n) is 9.21. The highest BCUT2D eigenvalue weighted by Crippen LogP contribution is 2.47. The third-order valence-electron chi connectivity index (χ3n) is 5.56. The van der Waals surface area contributed by atoms with Crippen LogP contribution in [-0.4, -0.2) is 63.9 Å². The molecular weight excluding hydrogens is 536 g/mol. The molecule has 0 saturated carbocycles. The number of benzene rings is 1. The lowest BCUT2D eigenvalue weighted by atomic mass is 9.98. The van der Waals surface area contributed by atoms with E-state index in [1.807, 2.05) is 0 Å². The van der Waals surface area contributed by atoms with Gasteiger partial charge in [0.15, 0.2) is 11.9 Å². The zero-order valence-electron chi connectivity index (χ0n) is 22.1. The van der Waals surface area contributed by atoms with Gasteiger partial charge in [0.25, 0.3) is 0 Å². The molecule has 0 radical (unpaired) electrons. The summed E-state index contributed by atoms with van der Waals surface area (Å²) in [4.78, 5) is 28.6. The standard InChI is InChI=1S/C25H33FN3O9P/c1-6-14-34-20-12-13-29(24(32)27-20)23-25(5,26)21(30)19(37-23)15-35-39(33,38-18-10-8-7-9-11-18)28-17(4)22(31)36-16(2)3/h6-13,16-17,19,21,23,30H,1,14-15H2,2-5H3,(H,28,33)/t17-,19+,21+,23+,25+,39-/m0/s1. The molecule has 0 unspecified atom stereocenters. The quantitative estimate of drug-likeness (QED) is 0.208. The van der Waals surface area contributed by atoms with E-state index >= 15 is 4.39 Å². The Balaban J connectivity index is 1.78. The van der Waals surface area contributed by atoms with Crippen molar-refractivity contribution in [3.8, 4) is 11.6 Å². The van der Waals surface area contributed by atoms with Gasteiger partial charge in [-0.15, -0.1) is 0 Å². The van der Waals surface area contributed by atoms with E-state index in [9.17, 15) is 19.3 Å². The van der Waals surface area contributed by atoms with Crippen LogP contribution in [0.15, 0.2) is 60.0 Å². The Morgan fingerprint density at radius 2 is 2.03 bits per heavy atom. The topological polar surface area (TPSA) is 147 Å². The van der Waals surface area contributed by atoms with Crippen LogP contribution < -0.4 is 20.0 Å². The molecular formula is C25H33FN3O9P. The average molecular weight is 570 g/mol. The molecule has 6 atom stereocenters. The van der Waals surface area contributed by atoms with Crippen LogP contribution in [0.25, 0.3) is 0 Å². The fourth-order valence-electron chi connectivity index (χ4n) is 3.66. The lowest BCUT2D eigenvalue weighted by molar-refractivity contribution is -0.149. The summed E-state index contributed by atoms with van der Waals surface area (Å²) in [7, 11) is -4.30. The molecule has 39 heavy (non-hydrogen) atoms. The van der Waals surface area contributed by atoms with Gasteiger partial charge in [0.2, 0.25) is 5.88 Å². The van der Waals surface area contributed by atoms with Crippen LogP contribution in [-0.2, 0) is 23.4 Å². The van der Waals surface area contributed by atoms with Gasteiger partial charge < -0.3 is 23.8 Å². The van der Waals surface area contributed by atoms with Gasteiger partial charge in [0, 0.05) is 12.3 Å². The number of esters is 1. The van der Waals surface area contributed by atoms with Crippen molar-refractivity contribution in [3.63, 3.8) is 0 Å². The number of hydrogen-bond acceptors (Lipinski definition) is 10. The van der Waals surface area contributed by atoms with Crippen LogP contribution in [0.1, 0.15) is 33.9 Å². The molecule has 0 spiro atoms. The minimum atomic E-state index is -4.30. The minimum Gasteiger partial charge on any atom is -0.473 e. The average Bonchev–Trinajstić information content (AvgIpc) is 3.10. The number of halogens is 1. The van der Waals surface area contributed by atoms with Gasteiger partial charge in [0.1, 0.15) is 30.6 Å². The maximum Gasteiger partial charge on any atom is 0.459 e. The first kappa shape index (κ1) is 30.5. The molecule has 214 valence electrons. The Labute approximate surface area is 225 Å². The van der Waals surface area contributed by atoms with Crippen LogP contribution >= 0.6 is 7.75 Å². The zero-order valence-corrected chi connectivity index (χ0v) is 23.0. The van der Waals surface area contributed by atoms with E-state index in [2.05, 4.69) is 16.7 Å². The van der Waals surface area contributed by atoms with Crippen molar-refractivity contribution < 1.29 is 42.1 Å². The predicted octanol–water partition coefficient (Wildman–Crippen LogP) is 2.93. The summed E-state index contributed by atoms with van der Waals surface area (Å²) in [6, 6.07) is 8.26. The maximum atomic E-state index is 15.7. The van der Waals surface area contributed by atoms with E-state index < -0.39 is 62.3 Å². The molecule has 1 aliphatic rings. The number of aromatic nitrogens is 2. The van der Waals surface area contributed by atoms with E-state index in [1.54, 1.807) is 32.0 Å². The van der Waals surface area contributed by atoms with Gasteiger partial charge in [-0.2, -0.15) is 10.1 Å². The number of ether oxygens (including phenoxy) is 3. The van der Waals surface area contributed by atoms with Crippen molar-refractivity contribution in [2.45, 2.75) is 63.9 Å². The van der Waals surface area contributed by atoms with E-state index in [4.69, 9.17) is 23.3 Å². The van der Waals surface area contributed by atoms with Gasteiger partial charge in [0.05, 0.1) is 12.7 Å². The molecule has 1 fully saturated rings. The van der Waals surface area contributed by atoms with E-state index in [0.717, 1.165) is 11.5 Å². The van der Waals surface area contributed by atoms with Crippen LogP contribution in [0.4, 0.5) is 4.39 Å². The Bertz CT molecular complexity index is 1240. The zero-order chi connectivity index (χ0) is 28.8. The fraction of sp³-hybridized carbons (Fsp3) is 0.480. The lowest BCUT2D eigenvalue weighted by Crippen LogP contribution is -2.43. The Morgan fingerprint density at radius 3 is 2.64 bits per heavy atom. The minimum absolute atomic E-state index is 0.00493. The number of nitrogens with one attached hydrogen (secondary N) is 1. The number of alkyl halides is 1.